The molecule has 0 fully saturated rings. The second kappa shape index (κ2) is 5.95. The number of benzene rings is 2. The average Bonchev–Trinajstić information content (AvgIpc) is 2.95. The molecule has 21 heavy (non-hydrogen) atoms. The molecule has 2 aromatic carbocycles. The van der Waals surface area contributed by atoms with Crippen LogP contribution < -0.4 is 5.32 Å². The van der Waals surface area contributed by atoms with Crippen molar-refractivity contribution in [1.29, 1.82) is 0 Å². The number of hydrogen-bond acceptors (Lipinski definition) is 3. The number of alkyl halides is 2. The monoisotopic (exact) mass is 324 g/mol. The van der Waals surface area contributed by atoms with Crippen LogP contribution in [0.1, 0.15) is 17.6 Å². The molecule has 1 aromatic heterocycles. The average molecular weight is 325 g/mol. The van der Waals surface area contributed by atoms with E-state index in [2.05, 4.69) is 10.3 Å². The van der Waals surface area contributed by atoms with Gasteiger partial charge in [0.2, 0.25) is 0 Å². The van der Waals surface area contributed by atoms with Crippen molar-refractivity contribution in [3.05, 3.63) is 58.1 Å². The highest BCUT2D eigenvalue weighted by molar-refractivity contribution is 7.16. The van der Waals surface area contributed by atoms with E-state index in [1.807, 2.05) is 12.1 Å². The maximum atomic E-state index is 12.5. The quantitative estimate of drug-likeness (QED) is 0.685. The third kappa shape index (κ3) is 2.99. The van der Waals surface area contributed by atoms with E-state index in [-0.39, 0.29) is 5.56 Å². The van der Waals surface area contributed by atoms with E-state index < -0.39 is 6.43 Å². The highest BCUT2D eigenvalue weighted by Crippen LogP contribution is 2.32. The Morgan fingerprint density at radius 1 is 1.14 bits per heavy atom. The summed E-state index contributed by atoms with van der Waals surface area (Å²) in [5.74, 6) is 0. The zero-order valence-electron chi connectivity index (χ0n) is 10.8. The van der Waals surface area contributed by atoms with E-state index in [1.165, 1.54) is 12.1 Å². The van der Waals surface area contributed by atoms with E-state index in [0.717, 1.165) is 21.5 Å². The highest BCUT2D eigenvalue weighted by Gasteiger charge is 2.09. The van der Waals surface area contributed by atoms with Crippen LogP contribution in [-0.4, -0.2) is 4.98 Å². The van der Waals surface area contributed by atoms with Crippen LogP contribution in [0.5, 0.6) is 0 Å². The van der Waals surface area contributed by atoms with Crippen molar-refractivity contribution in [3.63, 3.8) is 0 Å². The number of rotatable bonds is 4. The van der Waals surface area contributed by atoms with Gasteiger partial charge in [0.1, 0.15) is 5.52 Å². The number of nitrogens with zero attached hydrogens (tertiary/aromatic N) is 1. The summed E-state index contributed by atoms with van der Waals surface area (Å²) in [6.07, 6.45) is -2.44. The Morgan fingerprint density at radius 3 is 2.62 bits per heavy atom. The number of thiazole rings is 1. The molecule has 0 bridgehead atoms. The summed E-state index contributed by atoms with van der Waals surface area (Å²) in [5, 5.41) is 3.83. The smallest absolute Gasteiger partial charge is 0.263 e. The van der Waals surface area contributed by atoms with Crippen LogP contribution in [0.15, 0.2) is 41.9 Å². The Kier molecular flexibility index (Phi) is 4.03. The molecule has 0 radical (unpaired) electrons. The minimum Gasteiger partial charge on any atom is -0.378 e. The predicted molar refractivity (Wildman–Crippen MR) is 83.4 cm³/mol. The number of halogens is 3. The molecule has 0 saturated heterocycles. The summed E-state index contributed by atoms with van der Waals surface area (Å²) in [7, 11) is 0. The molecule has 3 rings (SSSR count). The number of anilines is 1. The minimum absolute atomic E-state index is 0.0263. The molecule has 0 aliphatic heterocycles. The first-order valence-corrected chi connectivity index (χ1v) is 7.53. The van der Waals surface area contributed by atoms with Gasteiger partial charge in [-0.2, -0.15) is 0 Å². The standard InChI is InChI=1S/C15H11ClF2N2S/c16-11-5-6-12-14(20-8-21-12)13(11)19-7-9-1-3-10(4-2-9)15(17)18/h1-6,8,15,19H,7H2. The van der Waals surface area contributed by atoms with Crippen molar-refractivity contribution in [2.75, 3.05) is 5.32 Å². The van der Waals surface area contributed by atoms with E-state index >= 15 is 0 Å². The lowest BCUT2D eigenvalue weighted by Crippen LogP contribution is -2.01. The van der Waals surface area contributed by atoms with Crippen molar-refractivity contribution in [3.8, 4) is 0 Å². The van der Waals surface area contributed by atoms with Gasteiger partial charge < -0.3 is 5.32 Å². The Bertz CT molecular complexity index is 756. The SMILES string of the molecule is FC(F)c1ccc(CNc2c(Cl)ccc3scnc23)cc1. The zero-order chi connectivity index (χ0) is 14.8. The Hall–Kier alpha value is -1.72. The largest absolute Gasteiger partial charge is 0.378 e. The van der Waals surface area contributed by atoms with E-state index in [0.29, 0.717) is 11.6 Å². The molecule has 6 heteroatoms. The van der Waals surface area contributed by atoms with Crippen molar-refractivity contribution >= 4 is 38.8 Å². The fourth-order valence-electron chi connectivity index (χ4n) is 2.05. The minimum atomic E-state index is -2.44. The van der Waals surface area contributed by atoms with Crippen LogP contribution in [0.4, 0.5) is 14.5 Å². The molecule has 1 N–H and O–H groups in total. The number of nitrogens with one attached hydrogen (secondary N) is 1. The maximum Gasteiger partial charge on any atom is 0.263 e. The molecule has 3 aromatic rings. The van der Waals surface area contributed by atoms with Gasteiger partial charge in [-0.05, 0) is 17.7 Å². The number of hydrogen-bond donors (Lipinski definition) is 1. The third-order valence-corrected chi connectivity index (χ3v) is 4.26. The second-order valence-corrected chi connectivity index (χ2v) is 5.81. The number of fused-ring (bicyclic) bond motifs is 1. The molecular formula is C15H11ClF2N2S. The first-order chi connectivity index (χ1) is 10.1. The van der Waals surface area contributed by atoms with E-state index in [1.54, 1.807) is 29.0 Å². The molecule has 0 unspecified atom stereocenters. The summed E-state index contributed by atoms with van der Waals surface area (Å²) in [6.45, 7) is 0.500. The van der Waals surface area contributed by atoms with Gasteiger partial charge in [-0.3, -0.25) is 0 Å². The highest BCUT2D eigenvalue weighted by atomic mass is 35.5. The van der Waals surface area contributed by atoms with Crippen molar-refractivity contribution in [1.82, 2.24) is 4.98 Å². The lowest BCUT2D eigenvalue weighted by molar-refractivity contribution is 0.151. The summed E-state index contributed by atoms with van der Waals surface area (Å²) >= 11 is 7.74. The molecule has 2 nitrogen and oxygen atoms in total. The van der Waals surface area contributed by atoms with Gasteiger partial charge in [0.15, 0.2) is 0 Å². The molecule has 0 amide bonds. The van der Waals surface area contributed by atoms with Gasteiger partial charge in [0.25, 0.3) is 6.43 Å². The van der Waals surface area contributed by atoms with Gasteiger partial charge in [-0.1, -0.05) is 35.9 Å². The topological polar surface area (TPSA) is 24.9 Å². The Balaban J connectivity index is 1.80. The lowest BCUT2D eigenvalue weighted by Gasteiger charge is -2.10. The van der Waals surface area contributed by atoms with E-state index in [4.69, 9.17) is 11.6 Å². The van der Waals surface area contributed by atoms with Gasteiger partial charge in [0.05, 0.1) is 20.9 Å². The molecule has 0 aliphatic carbocycles. The Labute approximate surface area is 129 Å². The van der Waals surface area contributed by atoms with E-state index in [9.17, 15) is 8.78 Å². The molecule has 108 valence electrons. The Morgan fingerprint density at radius 2 is 1.90 bits per heavy atom. The van der Waals surface area contributed by atoms with Crippen LogP contribution in [0.25, 0.3) is 10.2 Å². The molecule has 0 saturated carbocycles. The third-order valence-electron chi connectivity index (χ3n) is 3.15. The van der Waals surface area contributed by atoms with Gasteiger partial charge in [-0.25, -0.2) is 13.8 Å². The van der Waals surface area contributed by atoms with Crippen molar-refractivity contribution in [2.45, 2.75) is 13.0 Å². The molecule has 0 aliphatic rings. The molecular weight excluding hydrogens is 314 g/mol. The van der Waals surface area contributed by atoms with Gasteiger partial charge in [0, 0.05) is 12.1 Å². The van der Waals surface area contributed by atoms with Gasteiger partial charge >= 0.3 is 0 Å². The van der Waals surface area contributed by atoms with Crippen molar-refractivity contribution < 1.29 is 8.78 Å². The molecule has 1 heterocycles. The van der Waals surface area contributed by atoms with Crippen LogP contribution in [0, 0.1) is 0 Å². The summed E-state index contributed by atoms with van der Waals surface area (Å²) in [4.78, 5) is 4.30. The fourth-order valence-corrected chi connectivity index (χ4v) is 2.95. The summed E-state index contributed by atoms with van der Waals surface area (Å²) < 4.78 is 26.1. The normalized spacial score (nSPS) is 11.2. The predicted octanol–water partition coefficient (Wildman–Crippen LogP) is 5.50. The van der Waals surface area contributed by atoms with Crippen LogP contribution >= 0.6 is 22.9 Å². The first kappa shape index (κ1) is 14.2. The van der Waals surface area contributed by atoms with Crippen molar-refractivity contribution in [2.24, 2.45) is 0 Å². The summed E-state index contributed by atoms with van der Waals surface area (Å²) in [6, 6.07) is 9.99. The summed E-state index contributed by atoms with van der Waals surface area (Å²) in [5.41, 5.74) is 4.30. The molecule has 0 spiro atoms. The van der Waals surface area contributed by atoms with Crippen LogP contribution in [0.3, 0.4) is 0 Å². The number of aromatic nitrogens is 1. The molecule has 0 atom stereocenters. The second-order valence-electron chi connectivity index (χ2n) is 4.52. The van der Waals surface area contributed by atoms with Gasteiger partial charge in [-0.15, -0.1) is 11.3 Å². The zero-order valence-corrected chi connectivity index (χ0v) is 12.4. The fraction of sp³-hybridized carbons (Fsp3) is 0.133. The lowest BCUT2D eigenvalue weighted by atomic mass is 10.1. The maximum absolute atomic E-state index is 12.5. The first-order valence-electron chi connectivity index (χ1n) is 6.27. The van der Waals surface area contributed by atoms with Crippen LogP contribution in [0.2, 0.25) is 5.02 Å². The van der Waals surface area contributed by atoms with Crippen LogP contribution in [-0.2, 0) is 6.54 Å².